The van der Waals surface area contributed by atoms with Crippen LogP contribution in [0, 0.1) is 5.92 Å². The van der Waals surface area contributed by atoms with E-state index in [1.165, 1.54) is 31.2 Å². The van der Waals surface area contributed by atoms with Crippen LogP contribution in [0.5, 0.6) is 0 Å². The van der Waals surface area contributed by atoms with Crippen LogP contribution in [0.15, 0.2) is 24.3 Å². The molecule has 1 saturated heterocycles. The molecular formula is C17H25NO. The van der Waals surface area contributed by atoms with Gasteiger partial charge in [-0.05, 0) is 55.2 Å². The fourth-order valence-corrected chi connectivity index (χ4v) is 3.29. The van der Waals surface area contributed by atoms with E-state index in [4.69, 9.17) is 0 Å². The van der Waals surface area contributed by atoms with Crippen LogP contribution in [0.4, 0.5) is 0 Å². The molecule has 1 heterocycles. The fourth-order valence-electron chi connectivity index (χ4n) is 3.29. The Morgan fingerprint density at radius 3 is 2.89 bits per heavy atom. The van der Waals surface area contributed by atoms with Crippen LogP contribution < -0.4 is 5.32 Å². The number of benzene rings is 1. The molecule has 0 spiro atoms. The third-order valence-electron chi connectivity index (χ3n) is 4.81. The summed E-state index contributed by atoms with van der Waals surface area (Å²) in [6.45, 7) is 3.30. The maximum absolute atomic E-state index is 10.6. The van der Waals surface area contributed by atoms with E-state index in [1.807, 2.05) is 0 Å². The van der Waals surface area contributed by atoms with Crippen molar-refractivity contribution in [3.05, 3.63) is 35.4 Å². The van der Waals surface area contributed by atoms with Crippen molar-refractivity contribution in [2.75, 3.05) is 6.54 Å². The van der Waals surface area contributed by atoms with Gasteiger partial charge in [-0.25, -0.2) is 0 Å². The minimum Gasteiger partial charge on any atom is -0.387 e. The summed E-state index contributed by atoms with van der Waals surface area (Å²) in [6, 6.07) is 8.84. The third-order valence-corrected chi connectivity index (χ3v) is 4.81. The number of piperidine rings is 1. The second kappa shape index (κ2) is 5.64. The van der Waals surface area contributed by atoms with Gasteiger partial charge in [0.2, 0.25) is 0 Å². The van der Waals surface area contributed by atoms with E-state index in [0.717, 1.165) is 30.4 Å². The number of rotatable bonds is 4. The van der Waals surface area contributed by atoms with Crippen molar-refractivity contribution in [1.29, 1.82) is 0 Å². The van der Waals surface area contributed by atoms with Crippen LogP contribution in [0.2, 0.25) is 0 Å². The summed E-state index contributed by atoms with van der Waals surface area (Å²) < 4.78 is 0. The lowest BCUT2D eigenvalue weighted by Crippen LogP contribution is -2.42. The molecule has 3 rings (SSSR count). The van der Waals surface area contributed by atoms with E-state index in [0.29, 0.717) is 0 Å². The van der Waals surface area contributed by atoms with Crippen molar-refractivity contribution in [2.24, 2.45) is 5.92 Å². The molecule has 3 atom stereocenters. The number of hydrogen-bond donors (Lipinski definition) is 2. The van der Waals surface area contributed by atoms with Gasteiger partial charge < -0.3 is 10.4 Å². The van der Waals surface area contributed by atoms with Gasteiger partial charge in [0.25, 0.3) is 0 Å². The summed E-state index contributed by atoms with van der Waals surface area (Å²) in [7, 11) is 0. The normalized spacial score (nSPS) is 29.2. The minimum absolute atomic E-state index is 0.230. The largest absolute Gasteiger partial charge is 0.387 e. The second-order valence-electron chi connectivity index (χ2n) is 6.25. The molecule has 104 valence electrons. The first-order chi connectivity index (χ1) is 9.28. The molecule has 1 aliphatic carbocycles. The van der Waals surface area contributed by atoms with Gasteiger partial charge in [0.15, 0.2) is 0 Å². The van der Waals surface area contributed by atoms with Gasteiger partial charge in [-0.2, -0.15) is 0 Å². The number of aliphatic hydroxyl groups is 1. The summed E-state index contributed by atoms with van der Waals surface area (Å²) in [4.78, 5) is 0. The average Bonchev–Trinajstić information content (AvgIpc) is 3.31. The molecule has 2 fully saturated rings. The van der Waals surface area contributed by atoms with Crippen molar-refractivity contribution in [3.8, 4) is 0 Å². The molecule has 0 aromatic heterocycles. The number of nitrogens with one attached hydrogen (secondary N) is 1. The molecule has 0 bridgehead atoms. The van der Waals surface area contributed by atoms with Crippen LogP contribution in [0.25, 0.3) is 0 Å². The topological polar surface area (TPSA) is 32.3 Å². The standard InChI is InChI=1S/C17H25NO/c1-2-12-8-9-18-16(10-12)17(19)15-5-3-4-14(11-15)13-6-7-13/h3-5,11-13,16-19H,2,6-10H2,1H3. The molecule has 2 nitrogen and oxygen atoms in total. The van der Waals surface area contributed by atoms with E-state index in [2.05, 4.69) is 36.5 Å². The van der Waals surface area contributed by atoms with Crippen LogP contribution in [0.1, 0.15) is 62.2 Å². The summed E-state index contributed by atoms with van der Waals surface area (Å²) in [5.41, 5.74) is 2.51. The molecule has 2 heteroatoms. The maximum Gasteiger partial charge on any atom is 0.0943 e. The Labute approximate surface area is 116 Å². The Balaban J connectivity index is 1.71. The Morgan fingerprint density at radius 1 is 1.32 bits per heavy atom. The fraction of sp³-hybridized carbons (Fsp3) is 0.647. The minimum atomic E-state index is -0.354. The molecule has 0 radical (unpaired) electrons. The van der Waals surface area contributed by atoms with Gasteiger partial charge in [0.1, 0.15) is 0 Å². The van der Waals surface area contributed by atoms with Crippen molar-refractivity contribution in [1.82, 2.24) is 5.32 Å². The van der Waals surface area contributed by atoms with Gasteiger partial charge in [-0.15, -0.1) is 0 Å². The SMILES string of the molecule is CCC1CCNC(C(O)c2cccc(C3CC3)c2)C1. The summed E-state index contributed by atoms with van der Waals surface area (Å²) in [5, 5.41) is 14.1. The molecule has 1 saturated carbocycles. The quantitative estimate of drug-likeness (QED) is 0.869. The molecule has 3 unspecified atom stereocenters. The Hall–Kier alpha value is -0.860. The molecule has 1 aliphatic heterocycles. The van der Waals surface area contributed by atoms with E-state index in [1.54, 1.807) is 0 Å². The predicted octanol–water partition coefficient (Wildman–Crippen LogP) is 3.38. The lowest BCUT2D eigenvalue weighted by atomic mass is 9.86. The average molecular weight is 259 g/mol. The van der Waals surface area contributed by atoms with E-state index < -0.39 is 0 Å². The highest BCUT2D eigenvalue weighted by Crippen LogP contribution is 2.41. The smallest absolute Gasteiger partial charge is 0.0943 e. The first kappa shape index (κ1) is 13.1. The number of aliphatic hydroxyl groups excluding tert-OH is 1. The van der Waals surface area contributed by atoms with E-state index in [9.17, 15) is 5.11 Å². The van der Waals surface area contributed by atoms with Crippen molar-refractivity contribution in [2.45, 2.75) is 57.1 Å². The monoisotopic (exact) mass is 259 g/mol. The van der Waals surface area contributed by atoms with Crippen LogP contribution >= 0.6 is 0 Å². The Bertz CT molecular complexity index is 427. The molecule has 2 aliphatic rings. The predicted molar refractivity (Wildman–Crippen MR) is 78.2 cm³/mol. The zero-order valence-corrected chi connectivity index (χ0v) is 11.8. The van der Waals surface area contributed by atoms with Gasteiger partial charge in [-0.1, -0.05) is 37.6 Å². The molecule has 19 heavy (non-hydrogen) atoms. The molecule has 1 aromatic rings. The lowest BCUT2D eigenvalue weighted by molar-refractivity contribution is 0.0978. The van der Waals surface area contributed by atoms with E-state index in [-0.39, 0.29) is 12.1 Å². The second-order valence-corrected chi connectivity index (χ2v) is 6.25. The first-order valence-electron chi connectivity index (χ1n) is 7.79. The van der Waals surface area contributed by atoms with Gasteiger partial charge >= 0.3 is 0 Å². The van der Waals surface area contributed by atoms with Crippen LogP contribution in [-0.4, -0.2) is 17.7 Å². The highest BCUT2D eigenvalue weighted by atomic mass is 16.3. The molecular weight excluding hydrogens is 234 g/mol. The zero-order chi connectivity index (χ0) is 13.2. The summed E-state index contributed by atoms with van der Waals surface area (Å²) >= 11 is 0. The van der Waals surface area contributed by atoms with E-state index >= 15 is 0 Å². The van der Waals surface area contributed by atoms with Crippen molar-refractivity contribution >= 4 is 0 Å². The summed E-state index contributed by atoms with van der Waals surface area (Å²) in [6.07, 6.45) is 5.87. The van der Waals surface area contributed by atoms with Gasteiger partial charge in [-0.3, -0.25) is 0 Å². The molecule has 0 amide bonds. The van der Waals surface area contributed by atoms with Gasteiger partial charge in [0.05, 0.1) is 6.10 Å². The molecule has 1 aromatic carbocycles. The molecule has 2 N–H and O–H groups in total. The van der Waals surface area contributed by atoms with Crippen LogP contribution in [-0.2, 0) is 0 Å². The Kier molecular flexibility index (Phi) is 3.90. The van der Waals surface area contributed by atoms with Gasteiger partial charge in [0, 0.05) is 6.04 Å². The zero-order valence-electron chi connectivity index (χ0n) is 11.8. The lowest BCUT2D eigenvalue weighted by Gasteiger charge is -2.33. The van der Waals surface area contributed by atoms with Crippen LogP contribution in [0.3, 0.4) is 0 Å². The van der Waals surface area contributed by atoms with Crippen molar-refractivity contribution < 1.29 is 5.11 Å². The Morgan fingerprint density at radius 2 is 2.16 bits per heavy atom. The highest BCUT2D eigenvalue weighted by Gasteiger charge is 2.28. The number of hydrogen-bond acceptors (Lipinski definition) is 2. The first-order valence-corrected chi connectivity index (χ1v) is 7.79. The highest BCUT2D eigenvalue weighted by molar-refractivity contribution is 5.31. The van der Waals surface area contributed by atoms with Crippen molar-refractivity contribution in [3.63, 3.8) is 0 Å². The summed E-state index contributed by atoms with van der Waals surface area (Å²) in [5.74, 6) is 1.53. The maximum atomic E-state index is 10.6. The third kappa shape index (κ3) is 3.01.